The van der Waals surface area contributed by atoms with E-state index in [0.717, 1.165) is 33.2 Å². The fourth-order valence-electron chi connectivity index (χ4n) is 3.80. The highest BCUT2D eigenvalue weighted by atomic mass is 32.2. The van der Waals surface area contributed by atoms with Crippen LogP contribution in [0.2, 0.25) is 0 Å². The Bertz CT molecular complexity index is 1040. The number of hydrogen-bond acceptors (Lipinski definition) is 2. The van der Waals surface area contributed by atoms with Crippen LogP contribution in [0, 0.1) is 6.92 Å². The molecule has 0 bridgehead atoms. The van der Waals surface area contributed by atoms with Gasteiger partial charge in [0, 0.05) is 6.42 Å². The van der Waals surface area contributed by atoms with Crippen LogP contribution in [0.25, 0.3) is 10.8 Å². The summed E-state index contributed by atoms with van der Waals surface area (Å²) < 4.78 is 26.7. The normalized spacial score (nSPS) is 17.2. The van der Waals surface area contributed by atoms with Gasteiger partial charge in [0.2, 0.25) is 10.0 Å². The highest BCUT2D eigenvalue weighted by molar-refractivity contribution is 7.92. The first-order chi connectivity index (χ1) is 11.5. The van der Waals surface area contributed by atoms with Crippen molar-refractivity contribution in [1.82, 2.24) is 0 Å². The molecule has 1 unspecified atom stereocenters. The number of fused-ring (bicyclic) bond motifs is 3. The summed E-state index contributed by atoms with van der Waals surface area (Å²) in [5.41, 5.74) is 4.12. The summed E-state index contributed by atoms with van der Waals surface area (Å²) in [6, 6.07) is 20.0. The van der Waals surface area contributed by atoms with E-state index in [9.17, 15) is 8.42 Å². The third-order valence-electron chi connectivity index (χ3n) is 4.84. The molecule has 0 aromatic heterocycles. The van der Waals surface area contributed by atoms with Crippen LogP contribution in [0.3, 0.4) is 0 Å². The molecular formula is C20H19NO2S. The van der Waals surface area contributed by atoms with Gasteiger partial charge in [0.05, 0.1) is 18.0 Å². The van der Waals surface area contributed by atoms with Crippen molar-refractivity contribution in [3.05, 3.63) is 77.4 Å². The Morgan fingerprint density at radius 3 is 2.42 bits per heavy atom. The summed E-state index contributed by atoms with van der Waals surface area (Å²) in [7, 11) is -3.37. The van der Waals surface area contributed by atoms with Crippen LogP contribution in [0.1, 0.15) is 22.7 Å². The number of aryl methyl sites for hydroxylation is 1. The molecule has 24 heavy (non-hydrogen) atoms. The predicted octanol–water partition coefficient (Wildman–Crippen LogP) is 4.21. The van der Waals surface area contributed by atoms with Crippen molar-refractivity contribution in [1.29, 1.82) is 0 Å². The van der Waals surface area contributed by atoms with Crippen molar-refractivity contribution < 1.29 is 8.42 Å². The Morgan fingerprint density at radius 1 is 0.958 bits per heavy atom. The SMILES string of the molecule is Cc1ccccc1C1Cc2c(ccc3ccccc23)N1S(C)(=O)=O. The molecule has 3 aromatic carbocycles. The second kappa shape index (κ2) is 5.35. The van der Waals surface area contributed by atoms with Crippen molar-refractivity contribution in [2.75, 3.05) is 10.6 Å². The minimum Gasteiger partial charge on any atom is -0.262 e. The van der Waals surface area contributed by atoms with Gasteiger partial charge in [-0.3, -0.25) is 4.31 Å². The largest absolute Gasteiger partial charge is 0.262 e. The first kappa shape index (κ1) is 15.2. The molecular weight excluding hydrogens is 318 g/mol. The molecule has 0 saturated carbocycles. The van der Waals surface area contributed by atoms with Gasteiger partial charge in [0.1, 0.15) is 0 Å². The van der Waals surface area contributed by atoms with E-state index >= 15 is 0 Å². The van der Waals surface area contributed by atoms with Crippen molar-refractivity contribution in [2.45, 2.75) is 19.4 Å². The van der Waals surface area contributed by atoms with Gasteiger partial charge >= 0.3 is 0 Å². The summed E-state index contributed by atoms with van der Waals surface area (Å²) in [5.74, 6) is 0. The minimum absolute atomic E-state index is 0.179. The standard InChI is InChI=1S/C20H19NO2S/c1-14-7-3-5-9-16(14)20-13-18-17-10-6-4-8-15(17)11-12-19(18)21(20)24(2,22)23/h3-12,20H,13H2,1-2H3. The van der Waals surface area contributed by atoms with Gasteiger partial charge in [-0.1, -0.05) is 54.6 Å². The third-order valence-corrected chi connectivity index (χ3v) is 6.00. The zero-order valence-electron chi connectivity index (χ0n) is 13.7. The van der Waals surface area contributed by atoms with Crippen LogP contribution in [0.5, 0.6) is 0 Å². The lowest BCUT2D eigenvalue weighted by atomic mass is 9.96. The van der Waals surface area contributed by atoms with Gasteiger partial charge in [-0.25, -0.2) is 8.42 Å². The molecule has 3 nitrogen and oxygen atoms in total. The van der Waals surface area contributed by atoms with Crippen LogP contribution in [-0.4, -0.2) is 14.7 Å². The molecule has 4 heteroatoms. The molecule has 122 valence electrons. The number of nitrogens with zero attached hydrogens (tertiary/aromatic N) is 1. The second-order valence-electron chi connectivity index (χ2n) is 6.42. The molecule has 0 fully saturated rings. The van der Waals surface area contributed by atoms with E-state index in [1.54, 1.807) is 4.31 Å². The molecule has 0 saturated heterocycles. The highest BCUT2D eigenvalue weighted by Gasteiger charge is 2.37. The van der Waals surface area contributed by atoms with E-state index in [1.807, 2.05) is 55.5 Å². The van der Waals surface area contributed by atoms with Gasteiger partial charge in [-0.2, -0.15) is 0 Å². The fourth-order valence-corrected chi connectivity index (χ4v) is 4.98. The lowest BCUT2D eigenvalue weighted by Gasteiger charge is -2.26. The van der Waals surface area contributed by atoms with Gasteiger partial charge in [-0.05, 0) is 40.5 Å². The maximum Gasteiger partial charge on any atom is 0.232 e. The number of hydrogen-bond donors (Lipinski definition) is 0. The quantitative estimate of drug-likeness (QED) is 0.702. The monoisotopic (exact) mass is 337 g/mol. The van der Waals surface area contributed by atoms with E-state index in [-0.39, 0.29) is 6.04 Å². The Morgan fingerprint density at radius 2 is 1.67 bits per heavy atom. The zero-order chi connectivity index (χ0) is 16.9. The van der Waals surface area contributed by atoms with E-state index < -0.39 is 10.0 Å². The third kappa shape index (κ3) is 2.29. The minimum atomic E-state index is -3.37. The Labute approximate surface area is 142 Å². The molecule has 1 atom stereocenters. The van der Waals surface area contributed by atoms with E-state index in [2.05, 4.69) is 12.1 Å². The van der Waals surface area contributed by atoms with Crippen LogP contribution in [0.15, 0.2) is 60.7 Å². The van der Waals surface area contributed by atoms with Gasteiger partial charge in [-0.15, -0.1) is 0 Å². The zero-order valence-corrected chi connectivity index (χ0v) is 14.5. The Kier molecular flexibility index (Phi) is 3.39. The molecule has 3 aromatic rings. The Hall–Kier alpha value is -2.33. The van der Waals surface area contributed by atoms with Gasteiger partial charge in [0.15, 0.2) is 0 Å². The lowest BCUT2D eigenvalue weighted by Crippen LogP contribution is -2.31. The smallest absolute Gasteiger partial charge is 0.232 e. The average molecular weight is 337 g/mol. The fraction of sp³-hybridized carbons (Fsp3) is 0.200. The molecule has 0 N–H and O–H groups in total. The topological polar surface area (TPSA) is 37.4 Å². The average Bonchev–Trinajstić information content (AvgIpc) is 2.95. The summed E-state index contributed by atoms with van der Waals surface area (Å²) in [5, 5.41) is 2.29. The van der Waals surface area contributed by atoms with Crippen LogP contribution >= 0.6 is 0 Å². The van der Waals surface area contributed by atoms with Gasteiger partial charge < -0.3 is 0 Å². The summed E-state index contributed by atoms with van der Waals surface area (Å²) in [6.45, 7) is 2.04. The maximum absolute atomic E-state index is 12.6. The van der Waals surface area contributed by atoms with E-state index in [4.69, 9.17) is 0 Å². The molecule has 1 aliphatic rings. The number of sulfonamides is 1. The number of benzene rings is 3. The summed E-state index contributed by atoms with van der Waals surface area (Å²) in [4.78, 5) is 0. The summed E-state index contributed by atoms with van der Waals surface area (Å²) in [6.07, 6.45) is 2.00. The molecule has 0 radical (unpaired) electrons. The molecule has 1 heterocycles. The molecule has 4 rings (SSSR count). The Balaban J connectivity index is 1.97. The van der Waals surface area contributed by atoms with Crippen molar-refractivity contribution >= 4 is 26.5 Å². The second-order valence-corrected chi connectivity index (χ2v) is 8.28. The van der Waals surface area contributed by atoms with Gasteiger partial charge in [0.25, 0.3) is 0 Å². The molecule has 0 spiro atoms. The van der Waals surface area contributed by atoms with Crippen LogP contribution in [0.4, 0.5) is 5.69 Å². The first-order valence-corrected chi connectivity index (χ1v) is 9.87. The molecule has 0 aliphatic carbocycles. The maximum atomic E-state index is 12.6. The van der Waals surface area contributed by atoms with Crippen molar-refractivity contribution in [2.24, 2.45) is 0 Å². The van der Waals surface area contributed by atoms with E-state index in [0.29, 0.717) is 6.42 Å². The molecule has 0 amide bonds. The predicted molar refractivity (Wildman–Crippen MR) is 98.9 cm³/mol. The van der Waals surface area contributed by atoms with E-state index in [1.165, 1.54) is 6.26 Å². The van der Waals surface area contributed by atoms with Crippen molar-refractivity contribution in [3.63, 3.8) is 0 Å². The summed E-state index contributed by atoms with van der Waals surface area (Å²) >= 11 is 0. The van der Waals surface area contributed by atoms with Crippen molar-refractivity contribution in [3.8, 4) is 0 Å². The first-order valence-electron chi connectivity index (χ1n) is 8.02. The number of anilines is 1. The molecule has 1 aliphatic heterocycles. The highest BCUT2D eigenvalue weighted by Crippen LogP contribution is 2.45. The van der Waals surface area contributed by atoms with Crippen LogP contribution < -0.4 is 4.31 Å². The number of rotatable bonds is 2. The van der Waals surface area contributed by atoms with Crippen LogP contribution in [-0.2, 0) is 16.4 Å². The lowest BCUT2D eigenvalue weighted by molar-refractivity contribution is 0.588.